The van der Waals surface area contributed by atoms with E-state index >= 15 is 0 Å². The Morgan fingerprint density at radius 1 is 0.741 bits per heavy atom. The van der Waals surface area contributed by atoms with Crippen molar-refractivity contribution in [2.75, 3.05) is 0 Å². The number of hydrogen-bond acceptors (Lipinski definition) is 3. The van der Waals surface area contributed by atoms with E-state index in [1.54, 1.807) is 12.1 Å². The number of carbonyl (C=O) groups excluding carboxylic acids is 2. The van der Waals surface area contributed by atoms with Crippen LogP contribution in [0.15, 0.2) is 90.0 Å². The molecule has 0 aromatic heterocycles. The third kappa shape index (κ3) is 4.89. The second-order valence-electron chi connectivity index (χ2n) is 5.97. The number of benzene rings is 3. The first kappa shape index (κ1) is 18.1. The first-order valence-corrected chi connectivity index (χ1v) is 8.49. The lowest BCUT2D eigenvalue weighted by molar-refractivity contribution is 0.0952. The lowest BCUT2D eigenvalue weighted by Gasteiger charge is -2.08. The molecule has 0 saturated heterocycles. The highest BCUT2D eigenvalue weighted by atomic mass is 16.2. The van der Waals surface area contributed by atoms with Crippen LogP contribution < -0.4 is 11.2 Å². The van der Waals surface area contributed by atoms with Gasteiger partial charge in [-0.15, -0.1) is 0 Å². The van der Waals surface area contributed by atoms with Gasteiger partial charge in [-0.2, -0.15) is 5.10 Å². The third-order valence-electron chi connectivity index (χ3n) is 4.05. The molecule has 0 aliphatic rings. The van der Waals surface area contributed by atoms with E-state index in [1.807, 2.05) is 60.7 Å². The summed E-state index contributed by atoms with van der Waals surface area (Å²) in [5, 5.41) is 4.35. The van der Waals surface area contributed by atoms with Gasteiger partial charge in [0.05, 0.1) is 5.71 Å². The van der Waals surface area contributed by atoms with E-state index in [-0.39, 0.29) is 5.91 Å². The average Bonchev–Trinajstić information content (AvgIpc) is 2.72. The maximum Gasteiger partial charge on any atom is 0.271 e. The number of amides is 2. The highest BCUT2D eigenvalue weighted by Crippen LogP contribution is 2.09. The number of primary amides is 1. The van der Waals surface area contributed by atoms with Crippen molar-refractivity contribution in [3.8, 4) is 0 Å². The maximum atomic E-state index is 12.4. The largest absolute Gasteiger partial charge is 0.366 e. The van der Waals surface area contributed by atoms with Crippen molar-refractivity contribution in [3.05, 3.63) is 107 Å². The Morgan fingerprint density at radius 2 is 1.30 bits per heavy atom. The van der Waals surface area contributed by atoms with Crippen molar-refractivity contribution in [1.29, 1.82) is 0 Å². The third-order valence-corrected chi connectivity index (χ3v) is 4.05. The van der Waals surface area contributed by atoms with Gasteiger partial charge >= 0.3 is 0 Å². The van der Waals surface area contributed by atoms with Crippen LogP contribution in [0, 0.1) is 0 Å². The Bertz CT molecular complexity index is 950. The van der Waals surface area contributed by atoms with Gasteiger partial charge in [0.2, 0.25) is 5.91 Å². The Morgan fingerprint density at radius 3 is 1.89 bits per heavy atom. The zero-order valence-electron chi connectivity index (χ0n) is 14.6. The molecule has 0 saturated carbocycles. The van der Waals surface area contributed by atoms with Crippen LogP contribution in [0.3, 0.4) is 0 Å². The van der Waals surface area contributed by atoms with Gasteiger partial charge in [0, 0.05) is 17.5 Å². The normalized spacial score (nSPS) is 11.0. The Balaban J connectivity index is 1.80. The summed E-state index contributed by atoms with van der Waals surface area (Å²) in [4.78, 5) is 23.5. The molecule has 0 aliphatic carbocycles. The van der Waals surface area contributed by atoms with Crippen molar-refractivity contribution >= 4 is 17.5 Å². The van der Waals surface area contributed by atoms with Crippen LogP contribution in [0.1, 0.15) is 31.8 Å². The molecule has 3 rings (SSSR count). The molecule has 0 heterocycles. The minimum absolute atomic E-state index is 0.351. The number of nitrogens with one attached hydrogen (secondary N) is 1. The fourth-order valence-corrected chi connectivity index (χ4v) is 2.59. The van der Waals surface area contributed by atoms with Crippen molar-refractivity contribution in [1.82, 2.24) is 5.43 Å². The van der Waals surface area contributed by atoms with E-state index in [1.165, 1.54) is 12.1 Å². The summed E-state index contributed by atoms with van der Waals surface area (Å²) in [5.41, 5.74) is 11.4. The molecule has 0 spiro atoms. The fourth-order valence-electron chi connectivity index (χ4n) is 2.59. The minimum Gasteiger partial charge on any atom is -0.366 e. The number of hydrazone groups is 1. The molecule has 0 fully saturated rings. The van der Waals surface area contributed by atoms with Gasteiger partial charge in [-0.3, -0.25) is 9.59 Å². The minimum atomic E-state index is -0.533. The molecule has 0 aliphatic heterocycles. The summed E-state index contributed by atoms with van der Waals surface area (Å²) >= 11 is 0. The van der Waals surface area contributed by atoms with Crippen LogP contribution in [0.5, 0.6) is 0 Å². The van der Waals surface area contributed by atoms with Gasteiger partial charge < -0.3 is 5.73 Å². The van der Waals surface area contributed by atoms with Crippen LogP contribution >= 0.6 is 0 Å². The van der Waals surface area contributed by atoms with Crippen molar-refractivity contribution in [2.45, 2.75) is 6.42 Å². The van der Waals surface area contributed by atoms with Gasteiger partial charge in [-0.1, -0.05) is 60.7 Å². The molecule has 0 atom stereocenters. The van der Waals surface area contributed by atoms with Gasteiger partial charge in [-0.25, -0.2) is 5.43 Å². The molecule has 5 nitrogen and oxygen atoms in total. The van der Waals surface area contributed by atoms with Crippen LogP contribution in [0.2, 0.25) is 0 Å². The fraction of sp³-hybridized carbons (Fsp3) is 0.0455. The standard InChI is InChI=1S/C22H19N3O2/c23-21(26)18-11-13-19(14-12-18)22(27)25-24-20(17-9-5-2-6-10-17)15-16-7-3-1-4-8-16/h1-14H,15H2,(H2,23,26)(H,25,27)/b24-20-. The molecule has 0 radical (unpaired) electrons. The second kappa shape index (κ2) is 8.58. The number of hydrogen-bond donors (Lipinski definition) is 2. The van der Waals surface area contributed by atoms with E-state index in [0.717, 1.165) is 16.8 Å². The topological polar surface area (TPSA) is 84.5 Å². The molecule has 27 heavy (non-hydrogen) atoms. The van der Waals surface area contributed by atoms with Gasteiger partial charge in [0.1, 0.15) is 0 Å². The molecule has 0 bridgehead atoms. The van der Waals surface area contributed by atoms with Crippen LogP contribution in [-0.2, 0) is 6.42 Å². The first-order chi connectivity index (χ1) is 13.1. The SMILES string of the molecule is NC(=O)c1ccc(C(=O)N/N=C(/Cc2ccccc2)c2ccccc2)cc1. The molecule has 134 valence electrons. The van der Waals surface area contributed by atoms with Crippen LogP contribution in [0.4, 0.5) is 0 Å². The van der Waals surface area contributed by atoms with Gasteiger partial charge in [0.15, 0.2) is 0 Å². The molecular formula is C22H19N3O2. The monoisotopic (exact) mass is 357 g/mol. The van der Waals surface area contributed by atoms with E-state index in [4.69, 9.17) is 5.73 Å². The smallest absolute Gasteiger partial charge is 0.271 e. The Hall–Kier alpha value is -3.73. The predicted molar refractivity (Wildman–Crippen MR) is 106 cm³/mol. The average molecular weight is 357 g/mol. The Kier molecular flexibility index (Phi) is 5.74. The summed E-state index contributed by atoms with van der Waals surface area (Å²) in [6.45, 7) is 0. The summed E-state index contributed by atoms with van der Waals surface area (Å²) < 4.78 is 0. The molecule has 2 amide bonds. The molecular weight excluding hydrogens is 338 g/mol. The first-order valence-electron chi connectivity index (χ1n) is 8.49. The van der Waals surface area contributed by atoms with Gasteiger partial charge in [0.25, 0.3) is 5.91 Å². The maximum absolute atomic E-state index is 12.4. The summed E-state index contributed by atoms with van der Waals surface area (Å²) in [6, 6.07) is 25.8. The zero-order chi connectivity index (χ0) is 19.1. The zero-order valence-corrected chi connectivity index (χ0v) is 14.6. The Labute approximate surface area is 157 Å². The summed E-state index contributed by atoms with van der Waals surface area (Å²) in [6.07, 6.45) is 0.589. The van der Waals surface area contributed by atoms with E-state index in [2.05, 4.69) is 10.5 Å². The van der Waals surface area contributed by atoms with E-state index < -0.39 is 5.91 Å². The van der Waals surface area contributed by atoms with Crippen molar-refractivity contribution in [3.63, 3.8) is 0 Å². The molecule has 3 N–H and O–H groups in total. The highest BCUT2D eigenvalue weighted by Gasteiger charge is 2.09. The number of nitrogens with two attached hydrogens (primary N) is 1. The molecule has 0 unspecified atom stereocenters. The van der Waals surface area contributed by atoms with Crippen molar-refractivity contribution < 1.29 is 9.59 Å². The number of nitrogens with zero attached hydrogens (tertiary/aromatic N) is 1. The lowest BCUT2D eigenvalue weighted by atomic mass is 10.0. The van der Waals surface area contributed by atoms with Gasteiger partial charge in [-0.05, 0) is 35.4 Å². The summed E-state index contributed by atoms with van der Waals surface area (Å²) in [7, 11) is 0. The number of carbonyl (C=O) groups is 2. The quantitative estimate of drug-likeness (QED) is 0.524. The second-order valence-corrected chi connectivity index (χ2v) is 5.97. The molecule has 3 aromatic rings. The van der Waals surface area contributed by atoms with E-state index in [9.17, 15) is 9.59 Å². The summed E-state index contributed by atoms with van der Waals surface area (Å²) in [5.74, 6) is -0.887. The van der Waals surface area contributed by atoms with Crippen LogP contribution in [0.25, 0.3) is 0 Å². The van der Waals surface area contributed by atoms with E-state index in [0.29, 0.717) is 17.5 Å². The molecule has 3 aromatic carbocycles. The molecule has 5 heteroatoms. The highest BCUT2D eigenvalue weighted by molar-refractivity contribution is 6.03. The van der Waals surface area contributed by atoms with Crippen molar-refractivity contribution in [2.24, 2.45) is 10.8 Å². The number of rotatable bonds is 6. The lowest BCUT2D eigenvalue weighted by Crippen LogP contribution is -2.21. The van der Waals surface area contributed by atoms with Crippen LogP contribution in [-0.4, -0.2) is 17.5 Å². The predicted octanol–water partition coefficient (Wildman–Crippen LogP) is 3.16.